The maximum absolute atomic E-state index is 12.7. The first kappa shape index (κ1) is 19.0. The van der Waals surface area contributed by atoms with Crippen LogP contribution in [0, 0.1) is 0 Å². The molecular weight excluding hydrogens is 338 g/mol. The Balaban J connectivity index is 2.09. The van der Waals surface area contributed by atoms with Gasteiger partial charge in [-0.3, -0.25) is 25.3 Å². The van der Waals surface area contributed by atoms with Crippen molar-refractivity contribution in [2.24, 2.45) is 0 Å². The van der Waals surface area contributed by atoms with E-state index in [4.69, 9.17) is 11.6 Å². The number of carbonyl (C=O) groups is 2. The number of rotatable bonds is 6. The Hall–Kier alpha value is -2.37. The van der Waals surface area contributed by atoms with E-state index in [0.717, 1.165) is 5.56 Å². The van der Waals surface area contributed by atoms with Crippen LogP contribution in [-0.4, -0.2) is 29.8 Å². The molecule has 5 nitrogen and oxygen atoms in total. The average molecular weight is 360 g/mol. The fourth-order valence-electron chi connectivity index (χ4n) is 2.61. The van der Waals surface area contributed by atoms with Crippen molar-refractivity contribution in [3.05, 3.63) is 70.7 Å². The van der Waals surface area contributed by atoms with Gasteiger partial charge >= 0.3 is 0 Å². The van der Waals surface area contributed by atoms with Gasteiger partial charge in [-0.25, -0.2) is 0 Å². The fourth-order valence-corrected chi connectivity index (χ4v) is 2.74. The van der Waals surface area contributed by atoms with Crippen molar-refractivity contribution in [3.63, 3.8) is 0 Å². The minimum absolute atomic E-state index is 0.280. The van der Waals surface area contributed by atoms with Crippen LogP contribution < -0.4 is 10.9 Å². The highest BCUT2D eigenvalue weighted by Gasteiger charge is 2.26. The van der Waals surface area contributed by atoms with Crippen molar-refractivity contribution in [1.29, 1.82) is 0 Å². The Morgan fingerprint density at radius 3 is 2.12 bits per heavy atom. The van der Waals surface area contributed by atoms with E-state index < -0.39 is 11.9 Å². The first-order chi connectivity index (χ1) is 12.1. The predicted molar refractivity (Wildman–Crippen MR) is 99.2 cm³/mol. The Labute approximate surface area is 152 Å². The SMILES string of the molecule is CCN(CC)C(C(=O)NNC(=O)c1ccc(Cl)cc1)c1ccccc1. The fraction of sp³-hybridized carbons (Fsp3) is 0.263. The third-order valence-electron chi connectivity index (χ3n) is 3.95. The lowest BCUT2D eigenvalue weighted by Gasteiger charge is -2.29. The third-order valence-corrected chi connectivity index (χ3v) is 4.20. The lowest BCUT2D eigenvalue weighted by molar-refractivity contribution is -0.127. The number of nitrogens with one attached hydrogen (secondary N) is 2. The molecule has 0 aliphatic carbocycles. The van der Waals surface area contributed by atoms with Crippen LogP contribution >= 0.6 is 11.6 Å². The van der Waals surface area contributed by atoms with E-state index >= 15 is 0 Å². The molecule has 0 radical (unpaired) electrons. The standard InChI is InChI=1S/C19H22ClN3O2/c1-3-23(4-2)17(14-8-6-5-7-9-14)19(25)22-21-18(24)15-10-12-16(20)13-11-15/h5-13,17H,3-4H2,1-2H3,(H,21,24)(H,22,25). The number of hydrogen-bond acceptors (Lipinski definition) is 3. The molecule has 0 aliphatic heterocycles. The molecule has 2 aromatic carbocycles. The van der Waals surface area contributed by atoms with Gasteiger partial charge < -0.3 is 0 Å². The molecule has 0 aliphatic rings. The average Bonchev–Trinajstić information content (AvgIpc) is 2.65. The van der Waals surface area contributed by atoms with Gasteiger partial charge in [-0.05, 0) is 42.9 Å². The van der Waals surface area contributed by atoms with E-state index in [1.54, 1.807) is 24.3 Å². The van der Waals surface area contributed by atoms with E-state index in [9.17, 15) is 9.59 Å². The molecule has 1 atom stereocenters. The minimum atomic E-state index is -0.471. The minimum Gasteiger partial charge on any atom is -0.289 e. The highest BCUT2D eigenvalue weighted by Crippen LogP contribution is 2.20. The quantitative estimate of drug-likeness (QED) is 0.779. The van der Waals surface area contributed by atoms with Crippen molar-refractivity contribution in [3.8, 4) is 0 Å². The normalized spacial score (nSPS) is 11.8. The number of likely N-dealkylation sites (N-methyl/N-ethyl adjacent to an activating group) is 1. The molecule has 132 valence electrons. The molecule has 0 heterocycles. The van der Waals surface area contributed by atoms with E-state index in [-0.39, 0.29) is 5.91 Å². The molecule has 6 heteroatoms. The van der Waals surface area contributed by atoms with Crippen molar-refractivity contribution < 1.29 is 9.59 Å². The van der Waals surface area contributed by atoms with Gasteiger partial charge in [-0.2, -0.15) is 0 Å². The van der Waals surface area contributed by atoms with E-state index in [0.29, 0.717) is 23.7 Å². The summed E-state index contributed by atoms with van der Waals surface area (Å²) in [6, 6.07) is 15.5. The summed E-state index contributed by atoms with van der Waals surface area (Å²) in [6.45, 7) is 5.43. The van der Waals surface area contributed by atoms with Gasteiger partial charge in [-0.15, -0.1) is 0 Å². The number of nitrogens with zero attached hydrogens (tertiary/aromatic N) is 1. The molecule has 0 aromatic heterocycles. The molecule has 0 saturated carbocycles. The molecule has 2 N–H and O–H groups in total. The summed E-state index contributed by atoms with van der Waals surface area (Å²) in [5, 5.41) is 0.547. The molecule has 0 bridgehead atoms. The topological polar surface area (TPSA) is 61.4 Å². The van der Waals surface area contributed by atoms with E-state index in [2.05, 4.69) is 10.9 Å². The van der Waals surface area contributed by atoms with E-state index in [1.807, 2.05) is 49.1 Å². The van der Waals surface area contributed by atoms with Crippen LogP contribution in [0.4, 0.5) is 0 Å². The zero-order valence-electron chi connectivity index (χ0n) is 14.3. The summed E-state index contributed by atoms with van der Waals surface area (Å²) in [5.41, 5.74) is 6.29. The van der Waals surface area contributed by atoms with Crippen LogP contribution in [0.1, 0.15) is 35.8 Å². The predicted octanol–water partition coefficient (Wildman–Crippen LogP) is 3.18. The number of halogens is 1. The number of hydrazine groups is 1. The summed E-state index contributed by atoms with van der Waals surface area (Å²) < 4.78 is 0. The summed E-state index contributed by atoms with van der Waals surface area (Å²) in [4.78, 5) is 26.9. The van der Waals surface area contributed by atoms with Gasteiger partial charge in [0.05, 0.1) is 0 Å². The molecule has 2 aromatic rings. The van der Waals surface area contributed by atoms with Crippen LogP contribution in [0.2, 0.25) is 5.02 Å². The third kappa shape index (κ3) is 5.05. The second-order valence-corrected chi connectivity index (χ2v) is 5.92. The van der Waals surface area contributed by atoms with Crippen molar-refractivity contribution in [2.75, 3.05) is 13.1 Å². The Morgan fingerprint density at radius 2 is 1.56 bits per heavy atom. The second-order valence-electron chi connectivity index (χ2n) is 5.48. The Bertz CT molecular complexity index is 700. The molecule has 2 rings (SSSR count). The largest absolute Gasteiger partial charge is 0.289 e. The second kappa shape index (κ2) is 9.20. The first-order valence-corrected chi connectivity index (χ1v) is 8.59. The Kier molecular flexibility index (Phi) is 6.98. The van der Waals surface area contributed by atoms with Crippen LogP contribution in [0.25, 0.3) is 0 Å². The highest BCUT2D eigenvalue weighted by molar-refractivity contribution is 6.30. The van der Waals surface area contributed by atoms with Crippen molar-refractivity contribution in [2.45, 2.75) is 19.9 Å². The molecule has 2 amide bonds. The number of benzene rings is 2. The van der Waals surface area contributed by atoms with Crippen molar-refractivity contribution >= 4 is 23.4 Å². The van der Waals surface area contributed by atoms with Crippen LogP contribution in [0.15, 0.2) is 54.6 Å². The smallest absolute Gasteiger partial charge is 0.269 e. The molecule has 0 spiro atoms. The molecular formula is C19H22ClN3O2. The lowest BCUT2D eigenvalue weighted by atomic mass is 10.0. The van der Waals surface area contributed by atoms with Gasteiger partial charge in [0.2, 0.25) is 0 Å². The zero-order valence-corrected chi connectivity index (χ0v) is 15.1. The van der Waals surface area contributed by atoms with Gasteiger partial charge in [-0.1, -0.05) is 55.8 Å². The van der Waals surface area contributed by atoms with Gasteiger partial charge in [0, 0.05) is 10.6 Å². The van der Waals surface area contributed by atoms with Gasteiger partial charge in [0.1, 0.15) is 6.04 Å². The van der Waals surface area contributed by atoms with Crippen LogP contribution in [0.3, 0.4) is 0 Å². The van der Waals surface area contributed by atoms with Gasteiger partial charge in [0.25, 0.3) is 11.8 Å². The van der Waals surface area contributed by atoms with Crippen LogP contribution in [0.5, 0.6) is 0 Å². The number of carbonyl (C=O) groups excluding carboxylic acids is 2. The van der Waals surface area contributed by atoms with Crippen molar-refractivity contribution in [1.82, 2.24) is 15.8 Å². The van der Waals surface area contributed by atoms with Crippen LogP contribution in [-0.2, 0) is 4.79 Å². The molecule has 1 unspecified atom stereocenters. The monoisotopic (exact) mass is 359 g/mol. The van der Waals surface area contributed by atoms with Gasteiger partial charge in [0.15, 0.2) is 0 Å². The Morgan fingerprint density at radius 1 is 0.960 bits per heavy atom. The number of amides is 2. The maximum atomic E-state index is 12.7. The highest BCUT2D eigenvalue weighted by atomic mass is 35.5. The lowest BCUT2D eigenvalue weighted by Crippen LogP contribution is -2.48. The number of hydrogen-bond donors (Lipinski definition) is 2. The maximum Gasteiger partial charge on any atom is 0.269 e. The first-order valence-electron chi connectivity index (χ1n) is 8.21. The summed E-state index contributed by atoms with van der Waals surface area (Å²) in [7, 11) is 0. The zero-order chi connectivity index (χ0) is 18.2. The molecule has 0 fully saturated rings. The van der Waals surface area contributed by atoms with E-state index in [1.165, 1.54) is 0 Å². The summed E-state index contributed by atoms with van der Waals surface area (Å²) in [5.74, 6) is -0.673. The molecule has 25 heavy (non-hydrogen) atoms. The molecule has 0 saturated heterocycles. The summed E-state index contributed by atoms with van der Waals surface area (Å²) in [6.07, 6.45) is 0. The summed E-state index contributed by atoms with van der Waals surface area (Å²) >= 11 is 5.81.